The molecule has 0 saturated heterocycles. The van der Waals surface area contributed by atoms with E-state index >= 15 is 0 Å². The number of hydrogen-bond donors (Lipinski definition) is 2. The van der Waals surface area contributed by atoms with Gasteiger partial charge in [-0.05, 0) is 37.5 Å². The highest BCUT2D eigenvalue weighted by molar-refractivity contribution is 6.30. The van der Waals surface area contributed by atoms with Crippen LogP contribution in [0.2, 0.25) is 5.02 Å². The Labute approximate surface area is 131 Å². The smallest absolute Gasteiger partial charge is 0.220 e. The minimum absolute atomic E-state index is 0.00969. The molecule has 1 aromatic carbocycles. The second kappa shape index (κ2) is 9.40. The van der Waals surface area contributed by atoms with E-state index in [0.717, 1.165) is 24.8 Å². The molecule has 0 spiro atoms. The van der Waals surface area contributed by atoms with Gasteiger partial charge >= 0.3 is 0 Å². The van der Waals surface area contributed by atoms with E-state index in [1.54, 1.807) is 0 Å². The molecule has 0 aliphatic heterocycles. The summed E-state index contributed by atoms with van der Waals surface area (Å²) in [5.41, 5.74) is 1.04. The normalized spacial score (nSPS) is 11.8. The molecule has 1 atom stereocenters. The highest BCUT2D eigenvalue weighted by Crippen LogP contribution is 2.16. The van der Waals surface area contributed by atoms with Crippen LogP contribution in [0.5, 0.6) is 0 Å². The van der Waals surface area contributed by atoms with E-state index in [-0.39, 0.29) is 17.9 Å². The van der Waals surface area contributed by atoms with Crippen LogP contribution in [0, 0.1) is 0 Å². The molecule has 0 bridgehead atoms. The first-order valence-electron chi connectivity index (χ1n) is 7.28. The van der Waals surface area contributed by atoms with Gasteiger partial charge in [-0.2, -0.15) is 0 Å². The third kappa shape index (κ3) is 7.71. The molecule has 0 aromatic heterocycles. The molecule has 0 aliphatic rings. The highest BCUT2D eigenvalue weighted by atomic mass is 35.5. The highest BCUT2D eigenvalue weighted by Gasteiger charge is 2.09. The first kappa shape index (κ1) is 17.5. The summed E-state index contributed by atoms with van der Waals surface area (Å²) in [5, 5.41) is 6.41. The van der Waals surface area contributed by atoms with Crippen molar-refractivity contribution in [2.45, 2.75) is 45.6 Å². The minimum Gasteiger partial charge on any atom is -0.356 e. The van der Waals surface area contributed by atoms with Crippen molar-refractivity contribution in [1.82, 2.24) is 10.6 Å². The average Bonchev–Trinajstić information content (AvgIpc) is 2.43. The van der Waals surface area contributed by atoms with Gasteiger partial charge in [0.15, 0.2) is 0 Å². The molecule has 1 unspecified atom stereocenters. The Morgan fingerprint density at radius 3 is 2.43 bits per heavy atom. The molecule has 2 N–H and O–H groups in total. The number of carbonyl (C=O) groups excluding carboxylic acids is 2. The number of amides is 2. The lowest BCUT2D eigenvalue weighted by atomic mass is 10.1. The molecule has 116 valence electrons. The molecule has 1 rings (SSSR count). The summed E-state index contributed by atoms with van der Waals surface area (Å²) in [6.07, 6.45) is 3.18. The second-order valence-corrected chi connectivity index (χ2v) is 5.57. The molecule has 1 aromatic rings. The summed E-state index contributed by atoms with van der Waals surface area (Å²) in [4.78, 5) is 22.5. The van der Waals surface area contributed by atoms with Crippen molar-refractivity contribution < 1.29 is 9.59 Å². The summed E-state index contributed by atoms with van der Waals surface area (Å²) in [6.45, 7) is 4.14. The maximum absolute atomic E-state index is 11.8. The SMILES string of the molecule is CC(=O)NCCCCCC(=O)NC(C)c1ccc(Cl)cc1. The lowest BCUT2D eigenvalue weighted by Crippen LogP contribution is -2.26. The Morgan fingerprint density at radius 1 is 1.14 bits per heavy atom. The molecule has 21 heavy (non-hydrogen) atoms. The van der Waals surface area contributed by atoms with Gasteiger partial charge in [0, 0.05) is 24.9 Å². The van der Waals surface area contributed by atoms with E-state index in [2.05, 4.69) is 10.6 Å². The zero-order valence-corrected chi connectivity index (χ0v) is 13.4. The van der Waals surface area contributed by atoms with Crippen LogP contribution in [-0.2, 0) is 9.59 Å². The predicted octanol–water partition coefficient (Wildman–Crippen LogP) is 3.21. The Morgan fingerprint density at radius 2 is 1.81 bits per heavy atom. The van der Waals surface area contributed by atoms with E-state index < -0.39 is 0 Å². The monoisotopic (exact) mass is 310 g/mol. The number of nitrogens with one attached hydrogen (secondary N) is 2. The van der Waals surface area contributed by atoms with Crippen molar-refractivity contribution in [3.63, 3.8) is 0 Å². The Balaban J connectivity index is 2.18. The second-order valence-electron chi connectivity index (χ2n) is 5.13. The van der Waals surface area contributed by atoms with Gasteiger partial charge in [0.1, 0.15) is 0 Å². The third-order valence-corrected chi connectivity index (χ3v) is 3.45. The zero-order chi connectivity index (χ0) is 15.7. The Kier molecular flexibility index (Phi) is 7.83. The van der Waals surface area contributed by atoms with Crippen LogP contribution >= 0.6 is 11.6 Å². The first-order chi connectivity index (χ1) is 9.99. The van der Waals surface area contributed by atoms with Crippen LogP contribution < -0.4 is 10.6 Å². The van der Waals surface area contributed by atoms with Crippen LogP contribution in [0.4, 0.5) is 0 Å². The molecule has 0 heterocycles. The van der Waals surface area contributed by atoms with Crippen LogP contribution in [0.15, 0.2) is 24.3 Å². The lowest BCUT2D eigenvalue weighted by molar-refractivity contribution is -0.122. The maximum atomic E-state index is 11.8. The Bertz CT molecular complexity index is 460. The topological polar surface area (TPSA) is 58.2 Å². The van der Waals surface area contributed by atoms with E-state index in [9.17, 15) is 9.59 Å². The molecule has 0 radical (unpaired) electrons. The van der Waals surface area contributed by atoms with Crippen molar-refractivity contribution in [1.29, 1.82) is 0 Å². The number of hydrogen-bond acceptors (Lipinski definition) is 2. The van der Waals surface area contributed by atoms with Crippen molar-refractivity contribution in [2.24, 2.45) is 0 Å². The van der Waals surface area contributed by atoms with Gasteiger partial charge < -0.3 is 10.6 Å². The standard InChI is InChI=1S/C16H23ClN2O2/c1-12(14-7-9-15(17)10-8-14)19-16(21)6-4-3-5-11-18-13(2)20/h7-10,12H,3-6,11H2,1-2H3,(H,18,20)(H,19,21). The minimum atomic E-state index is -0.0193. The molecular formula is C16H23ClN2O2. The third-order valence-electron chi connectivity index (χ3n) is 3.20. The van der Waals surface area contributed by atoms with Gasteiger partial charge in [-0.3, -0.25) is 9.59 Å². The summed E-state index contributed by atoms with van der Waals surface area (Å²) < 4.78 is 0. The van der Waals surface area contributed by atoms with Crippen LogP contribution in [0.3, 0.4) is 0 Å². The van der Waals surface area contributed by atoms with E-state index in [4.69, 9.17) is 11.6 Å². The Hall–Kier alpha value is -1.55. The summed E-state index contributed by atoms with van der Waals surface area (Å²) in [6, 6.07) is 7.46. The van der Waals surface area contributed by atoms with E-state index in [1.807, 2.05) is 31.2 Å². The molecule has 4 nitrogen and oxygen atoms in total. The number of benzene rings is 1. The van der Waals surface area contributed by atoms with Gasteiger partial charge in [0.25, 0.3) is 0 Å². The maximum Gasteiger partial charge on any atom is 0.220 e. The molecule has 0 fully saturated rings. The van der Waals surface area contributed by atoms with Crippen molar-refractivity contribution >= 4 is 23.4 Å². The van der Waals surface area contributed by atoms with Crippen LogP contribution in [-0.4, -0.2) is 18.4 Å². The quantitative estimate of drug-likeness (QED) is 0.724. The van der Waals surface area contributed by atoms with Gasteiger partial charge in [0.2, 0.25) is 11.8 Å². The van der Waals surface area contributed by atoms with Gasteiger partial charge in [-0.25, -0.2) is 0 Å². The number of halogens is 1. The lowest BCUT2D eigenvalue weighted by Gasteiger charge is -2.14. The van der Waals surface area contributed by atoms with E-state index in [0.29, 0.717) is 18.0 Å². The molecular weight excluding hydrogens is 288 g/mol. The number of rotatable bonds is 8. The number of carbonyl (C=O) groups is 2. The molecule has 0 aliphatic carbocycles. The average molecular weight is 311 g/mol. The van der Waals surface area contributed by atoms with Crippen molar-refractivity contribution in [3.8, 4) is 0 Å². The summed E-state index contributed by atoms with van der Waals surface area (Å²) in [5.74, 6) is 0.0431. The predicted molar refractivity (Wildman–Crippen MR) is 85.2 cm³/mol. The summed E-state index contributed by atoms with van der Waals surface area (Å²) in [7, 11) is 0. The fourth-order valence-electron chi connectivity index (χ4n) is 2.00. The fourth-order valence-corrected chi connectivity index (χ4v) is 2.13. The largest absolute Gasteiger partial charge is 0.356 e. The molecule has 0 saturated carbocycles. The summed E-state index contributed by atoms with van der Waals surface area (Å²) >= 11 is 5.84. The van der Waals surface area contributed by atoms with Gasteiger partial charge in [-0.1, -0.05) is 30.2 Å². The molecule has 5 heteroatoms. The molecule has 2 amide bonds. The zero-order valence-electron chi connectivity index (χ0n) is 12.6. The number of unbranched alkanes of at least 4 members (excludes halogenated alkanes) is 2. The van der Waals surface area contributed by atoms with Gasteiger partial charge in [0.05, 0.1) is 6.04 Å². The van der Waals surface area contributed by atoms with Crippen molar-refractivity contribution in [3.05, 3.63) is 34.9 Å². The van der Waals surface area contributed by atoms with Crippen LogP contribution in [0.25, 0.3) is 0 Å². The fraction of sp³-hybridized carbons (Fsp3) is 0.500. The van der Waals surface area contributed by atoms with Crippen molar-refractivity contribution in [2.75, 3.05) is 6.54 Å². The van der Waals surface area contributed by atoms with E-state index in [1.165, 1.54) is 6.92 Å². The van der Waals surface area contributed by atoms with Gasteiger partial charge in [-0.15, -0.1) is 0 Å². The first-order valence-corrected chi connectivity index (χ1v) is 7.66. The van der Waals surface area contributed by atoms with Crippen LogP contribution in [0.1, 0.15) is 51.1 Å².